The van der Waals surface area contributed by atoms with Crippen molar-refractivity contribution in [2.75, 3.05) is 20.8 Å². The van der Waals surface area contributed by atoms with Crippen molar-refractivity contribution in [3.63, 3.8) is 0 Å². The van der Waals surface area contributed by atoms with Gasteiger partial charge in [0, 0.05) is 18.7 Å². The molecule has 3 aromatic carbocycles. The molecular weight excluding hydrogens is 429 g/mol. The minimum atomic E-state index is -1.35. The summed E-state index contributed by atoms with van der Waals surface area (Å²) in [5.41, 5.74) is 1.23. The highest BCUT2D eigenvalue weighted by Crippen LogP contribution is 2.32. The van der Waals surface area contributed by atoms with E-state index in [-0.39, 0.29) is 18.7 Å². The molecule has 0 aromatic heterocycles. The Bertz CT molecular complexity index is 1120. The third kappa shape index (κ3) is 5.79. The lowest BCUT2D eigenvalue weighted by atomic mass is 10.1. The average molecular weight is 453 g/mol. The van der Waals surface area contributed by atoms with Gasteiger partial charge in [0.2, 0.25) is 0 Å². The van der Waals surface area contributed by atoms with Crippen LogP contribution in [0.2, 0.25) is 0 Å². The molecule has 0 radical (unpaired) electrons. The number of ether oxygens (including phenoxy) is 3. The van der Waals surface area contributed by atoms with Crippen molar-refractivity contribution in [3.8, 4) is 17.2 Å². The fraction of sp³-hybridized carbons (Fsp3) is 0.200. The Balaban J connectivity index is 1.86. The highest BCUT2D eigenvalue weighted by atomic mass is 19.1. The molecule has 0 unspecified atom stereocenters. The molecule has 0 saturated carbocycles. The van der Waals surface area contributed by atoms with Gasteiger partial charge in [-0.15, -0.1) is 0 Å². The topological polar surface area (TPSA) is 85.3 Å². The summed E-state index contributed by atoms with van der Waals surface area (Å²) in [5, 5.41) is 9.29. The molecule has 0 spiro atoms. The van der Waals surface area contributed by atoms with Crippen molar-refractivity contribution >= 4 is 11.9 Å². The number of carboxylic acid groups (broad SMARTS) is 1. The molecule has 3 rings (SSSR count). The minimum absolute atomic E-state index is 0.167. The number of hydrogen-bond donors (Lipinski definition) is 1. The van der Waals surface area contributed by atoms with Gasteiger partial charge < -0.3 is 24.2 Å². The molecule has 0 aliphatic carbocycles. The molecule has 7 nitrogen and oxygen atoms in total. The fourth-order valence-corrected chi connectivity index (χ4v) is 3.37. The van der Waals surface area contributed by atoms with Gasteiger partial charge in [-0.1, -0.05) is 48.5 Å². The van der Waals surface area contributed by atoms with Crippen molar-refractivity contribution in [1.29, 1.82) is 0 Å². The van der Waals surface area contributed by atoms with Gasteiger partial charge in [0.25, 0.3) is 5.91 Å². The third-order valence-corrected chi connectivity index (χ3v) is 4.95. The Morgan fingerprint density at radius 1 is 0.879 bits per heavy atom. The van der Waals surface area contributed by atoms with Gasteiger partial charge in [0.05, 0.1) is 14.2 Å². The zero-order valence-electron chi connectivity index (χ0n) is 18.3. The summed E-state index contributed by atoms with van der Waals surface area (Å²) in [4.78, 5) is 26.1. The molecule has 0 bridgehead atoms. The SMILES string of the molecule is COc1cccc(CN(Cc2ccccc2)C(=O)COc2c(F)cccc2C(=O)O)c1OC. The molecule has 0 heterocycles. The molecule has 0 saturated heterocycles. The quantitative estimate of drug-likeness (QED) is 0.497. The molecule has 8 heteroatoms. The minimum Gasteiger partial charge on any atom is -0.493 e. The number of rotatable bonds is 10. The second-order valence-corrected chi connectivity index (χ2v) is 7.10. The van der Waals surface area contributed by atoms with Crippen LogP contribution in [0.4, 0.5) is 4.39 Å². The van der Waals surface area contributed by atoms with Crippen LogP contribution in [-0.2, 0) is 17.9 Å². The Morgan fingerprint density at radius 2 is 1.61 bits per heavy atom. The summed E-state index contributed by atoms with van der Waals surface area (Å²) < 4.78 is 30.4. The lowest BCUT2D eigenvalue weighted by Gasteiger charge is -2.25. The van der Waals surface area contributed by atoms with Gasteiger partial charge in [0.1, 0.15) is 5.56 Å². The number of halogens is 1. The number of benzene rings is 3. The summed E-state index contributed by atoms with van der Waals surface area (Å²) in [6.45, 7) is -0.118. The first-order valence-electron chi connectivity index (χ1n) is 10.1. The van der Waals surface area contributed by atoms with Crippen LogP contribution in [0.25, 0.3) is 0 Å². The van der Waals surface area contributed by atoms with Crippen LogP contribution in [-0.4, -0.2) is 42.7 Å². The van der Waals surface area contributed by atoms with Gasteiger partial charge in [-0.2, -0.15) is 0 Å². The van der Waals surface area contributed by atoms with E-state index in [1.807, 2.05) is 36.4 Å². The lowest BCUT2D eigenvalue weighted by molar-refractivity contribution is -0.134. The summed E-state index contributed by atoms with van der Waals surface area (Å²) in [7, 11) is 3.04. The first kappa shape index (κ1) is 23.6. The summed E-state index contributed by atoms with van der Waals surface area (Å²) in [6.07, 6.45) is 0. The maximum atomic E-state index is 14.2. The number of methoxy groups -OCH3 is 2. The Labute approximate surface area is 190 Å². The number of aromatic carboxylic acids is 1. The van der Waals surface area contributed by atoms with E-state index in [9.17, 15) is 19.1 Å². The van der Waals surface area contributed by atoms with Crippen LogP contribution in [0.5, 0.6) is 17.2 Å². The highest BCUT2D eigenvalue weighted by Gasteiger charge is 2.22. The Kier molecular flexibility index (Phi) is 7.86. The van der Waals surface area contributed by atoms with Crippen molar-refractivity contribution in [2.24, 2.45) is 0 Å². The van der Waals surface area contributed by atoms with E-state index in [1.54, 1.807) is 12.1 Å². The largest absolute Gasteiger partial charge is 0.493 e. The lowest BCUT2D eigenvalue weighted by Crippen LogP contribution is -2.34. The molecule has 3 aromatic rings. The van der Waals surface area contributed by atoms with Crippen molar-refractivity contribution in [1.82, 2.24) is 4.90 Å². The van der Waals surface area contributed by atoms with E-state index in [2.05, 4.69) is 0 Å². The number of para-hydroxylation sites is 2. The Hall–Kier alpha value is -4.07. The van der Waals surface area contributed by atoms with Crippen LogP contribution in [0.15, 0.2) is 66.7 Å². The number of hydrogen-bond acceptors (Lipinski definition) is 5. The van der Waals surface area contributed by atoms with E-state index in [0.29, 0.717) is 17.1 Å². The van der Waals surface area contributed by atoms with E-state index < -0.39 is 30.1 Å². The number of nitrogens with zero attached hydrogens (tertiary/aromatic N) is 1. The first-order chi connectivity index (χ1) is 15.9. The maximum absolute atomic E-state index is 14.2. The van der Waals surface area contributed by atoms with E-state index in [1.165, 1.54) is 31.3 Å². The molecule has 172 valence electrons. The zero-order chi connectivity index (χ0) is 23.8. The molecule has 0 aliphatic rings. The number of carbonyl (C=O) groups excluding carboxylic acids is 1. The highest BCUT2D eigenvalue weighted by molar-refractivity contribution is 5.91. The van der Waals surface area contributed by atoms with E-state index in [0.717, 1.165) is 11.6 Å². The standard InChI is InChI=1S/C25H24FNO6/c1-31-21-13-6-10-18(23(21)32-2)15-27(14-17-8-4-3-5-9-17)22(28)16-33-24-19(25(29)30)11-7-12-20(24)26/h3-13H,14-16H2,1-2H3,(H,29,30). The number of amides is 1. The molecule has 1 N–H and O–H groups in total. The van der Waals surface area contributed by atoms with Gasteiger partial charge in [-0.05, 0) is 23.8 Å². The van der Waals surface area contributed by atoms with Crippen LogP contribution in [0.1, 0.15) is 21.5 Å². The van der Waals surface area contributed by atoms with E-state index in [4.69, 9.17) is 14.2 Å². The second-order valence-electron chi connectivity index (χ2n) is 7.10. The Morgan fingerprint density at radius 3 is 2.27 bits per heavy atom. The monoisotopic (exact) mass is 453 g/mol. The summed E-state index contributed by atoms with van der Waals surface area (Å²) >= 11 is 0. The van der Waals surface area contributed by atoms with Gasteiger partial charge in [0.15, 0.2) is 29.7 Å². The summed E-state index contributed by atoms with van der Waals surface area (Å²) in [6, 6.07) is 18.3. The first-order valence-corrected chi connectivity index (χ1v) is 10.1. The maximum Gasteiger partial charge on any atom is 0.339 e. The van der Waals surface area contributed by atoms with Crippen molar-refractivity contribution < 1.29 is 33.3 Å². The van der Waals surface area contributed by atoms with Crippen molar-refractivity contribution in [2.45, 2.75) is 13.1 Å². The van der Waals surface area contributed by atoms with Gasteiger partial charge in [-0.3, -0.25) is 4.79 Å². The third-order valence-electron chi connectivity index (χ3n) is 4.95. The van der Waals surface area contributed by atoms with Crippen LogP contribution in [0, 0.1) is 5.82 Å². The van der Waals surface area contributed by atoms with Gasteiger partial charge >= 0.3 is 5.97 Å². The predicted octanol–water partition coefficient (Wildman–Crippen LogP) is 4.15. The number of carbonyl (C=O) groups is 2. The average Bonchev–Trinajstić information content (AvgIpc) is 2.82. The molecular formula is C25H24FNO6. The molecule has 0 aliphatic heterocycles. The second kappa shape index (κ2) is 11.0. The van der Waals surface area contributed by atoms with Crippen LogP contribution in [0.3, 0.4) is 0 Å². The smallest absolute Gasteiger partial charge is 0.339 e. The van der Waals surface area contributed by atoms with Crippen molar-refractivity contribution in [3.05, 3.63) is 89.2 Å². The predicted molar refractivity (Wildman–Crippen MR) is 119 cm³/mol. The molecule has 33 heavy (non-hydrogen) atoms. The number of carboxylic acids is 1. The van der Waals surface area contributed by atoms with E-state index >= 15 is 0 Å². The van der Waals surface area contributed by atoms with Crippen LogP contribution >= 0.6 is 0 Å². The fourth-order valence-electron chi connectivity index (χ4n) is 3.37. The molecule has 0 fully saturated rings. The van der Waals surface area contributed by atoms with Crippen LogP contribution < -0.4 is 14.2 Å². The zero-order valence-corrected chi connectivity index (χ0v) is 18.3. The van der Waals surface area contributed by atoms with Gasteiger partial charge in [-0.25, -0.2) is 9.18 Å². The molecule has 1 amide bonds. The normalized spacial score (nSPS) is 10.4. The molecule has 0 atom stereocenters. The summed E-state index contributed by atoms with van der Waals surface area (Å²) in [5.74, 6) is -2.11.